The van der Waals surface area contributed by atoms with E-state index in [1.165, 1.54) is 34.7 Å². The third-order valence-electron chi connectivity index (χ3n) is 8.14. The molecule has 0 saturated carbocycles. The molecule has 2 aromatic carbocycles. The smallest absolute Gasteiger partial charge is 0.251 e. The number of carbonyl (C=O) groups excluding carboxylic acids is 4. The van der Waals surface area contributed by atoms with E-state index in [1.807, 2.05) is 18.2 Å². The lowest BCUT2D eigenvalue weighted by Gasteiger charge is -2.38. The van der Waals surface area contributed by atoms with Crippen LogP contribution in [0.4, 0.5) is 4.39 Å². The fraction of sp³-hybridized carbons (Fsp3) is 0.515. The monoisotopic (exact) mass is 625 g/mol. The molecule has 45 heavy (non-hydrogen) atoms. The first-order chi connectivity index (χ1) is 21.9. The Balaban J connectivity index is 1.35. The SMILES string of the molecule is O=C1C[C@@H]2CCN(Cc3ccccc3)C[C@@H]2CCNC(=O)CN(CCNC(=O)c2ccc(F)cc2)C(=O)COCCOCCN1. The summed E-state index contributed by atoms with van der Waals surface area (Å²) in [6.07, 6.45) is 2.01. The molecule has 2 atom stereocenters. The van der Waals surface area contributed by atoms with E-state index >= 15 is 0 Å². The molecule has 0 radical (unpaired) electrons. The van der Waals surface area contributed by atoms with Crippen LogP contribution in [0.15, 0.2) is 54.6 Å². The molecule has 2 aliphatic rings. The van der Waals surface area contributed by atoms with Crippen LogP contribution in [-0.4, -0.2) is 106 Å². The molecule has 12 heteroatoms. The maximum absolute atomic E-state index is 13.2. The van der Waals surface area contributed by atoms with E-state index in [-0.39, 0.29) is 63.1 Å². The van der Waals surface area contributed by atoms with Gasteiger partial charge in [0.2, 0.25) is 17.7 Å². The topological polar surface area (TPSA) is 129 Å². The predicted molar refractivity (Wildman–Crippen MR) is 166 cm³/mol. The summed E-state index contributed by atoms with van der Waals surface area (Å²) < 4.78 is 24.2. The number of piperidine rings is 1. The Kier molecular flexibility index (Phi) is 13.7. The Morgan fingerprint density at radius 1 is 0.889 bits per heavy atom. The van der Waals surface area contributed by atoms with Gasteiger partial charge >= 0.3 is 0 Å². The summed E-state index contributed by atoms with van der Waals surface area (Å²) in [6, 6.07) is 15.4. The van der Waals surface area contributed by atoms with Crippen LogP contribution in [0.3, 0.4) is 0 Å². The molecule has 244 valence electrons. The highest BCUT2D eigenvalue weighted by atomic mass is 19.1. The molecular weight excluding hydrogens is 581 g/mol. The van der Waals surface area contributed by atoms with Crippen molar-refractivity contribution in [3.05, 3.63) is 71.5 Å². The van der Waals surface area contributed by atoms with Gasteiger partial charge in [0.25, 0.3) is 5.91 Å². The number of benzene rings is 2. The maximum Gasteiger partial charge on any atom is 0.251 e. The predicted octanol–water partition coefficient (Wildman–Crippen LogP) is 1.58. The molecule has 4 rings (SSSR count). The van der Waals surface area contributed by atoms with E-state index in [9.17, 15) is 23.6 Å². The Labute approximate surface area is 263 Å². The molecule has 0 aromatic heterocycles. The van der Waals surface area contributed by atoms with Gasteiger partial charge in [0.1, 0.15) is 12.4 Å². The van der Waals surface area contributed by atoms with Crippen molar-refractivity contribution < 1.29 is 33.0 Å². The minimum atomic E-state index is -0.443. The molecule has 2 heterocycles. The molecular formula is C33H44FN5O6. The van der Waals surface area contributed by atoms with Crippen molar-refractivity contribution in [2.75, 3.05) is 72.2 Å². The van der Waals surface area contributed by atoms with Crippen LogP contribution in [0.5, 0.6) is 0 Å². The number of fused-ring (bicyclic) bond motifs is 1. The quantitative estimate of drug-likeness (QED) is 0.445. The summed E-state index contributed by atoms with van der Waals surface area (Å²) in [4.78, 5) is 54.9. The molecule has 0 spiro atoms. The lowest BCUT2D eigenvalue weighted by Crippen LogP contribution is -2.46. The highest BCUT2D eigenvalue weighted by Gasteiger charge is 2.31. The third-order valence-corrected chi connectivity index (χ3v) is 8.14. The fourth-order valence-corrected chi connectivity index (χ4v) is 5.71. The third kappa shape index (κ3) is 11.9. The number of nitrogens with zero attached hydrogens (tertiary/aromatic N) is 2. The van der Waals surface area contributed by atoms with Gasteiger partial charge in [-0.3, -0.25) is 24.1 Å². The van der Waals surface area contributed by atoms with E-state index in [1.54, 1.807) is 0 Å². The van der Waals surface area contributed by atoms with Gasteiger partial charge in [0.15, 0.2) is 0 Å². The van der Waals surface area contributed by atoms with E-state index < -0.39 is 17.6 Å². The van der Waals surface area contributed by atoms with E-state index in [0.717, 1.165) is 26.1 Å². The fourth-order valence-electron chi connectivity index (χ4n) is 5.71. The Bertz CT molecular complexity index is 1250. The van der Waals surface area contributed by atoms with E-state index in [0.29, 0.717) is 38.1 Å². The number of hydrogen-bond acceptors (Lipinski definition) is 7. The van der Waals surface area contributed by atoms with Crippen molar-refractivity contribution in [2.45, 2.75) is 25.8 Å². The summed E-state index contributed by atoms with van der Waals surface area (Å²) in [6.45, 7) is 3.85. The molecule has 0 bridgehead atoms. The minimum absolute atomic E-state index is 0.00364. The number of hydrogen-bond donors (Lipinski definition) is 3. The van der Waals surface area contributed by atoms with Crippen molar-refractivity contribution in [1.82, 2.24) is 25.8 Å². The molecule has 0 unspecified atom stereocenters. The van der Waals surface area contributed by atoms with Gasteiger partial charge in [-0.2, -0.15) is 0 Å². The molecule has 2 fully saturated rings. The van der Waals surface area contributed by atoms with Crippen LogP contribution < -0.4 is 16.0 Å². The van der Waals surface area contributed by atoms with Gasteiger partial charge in [-0.05, 0) is 61.1 Å². The number of likely N-dealkylation sites (tertiary alicyclic amines) is 1. The molecule has 11 nitrogen and oxygen atoms in total. The van der Waals surface area contributed by atoms with Crippen molar-refractivity contribution in [3.8, 4) is 0 Å². The minimum Gasteiger partial charge on any atom is -0.377 e. The van der Waals surface area contributed by atoms with Crippen LogP contribution in [0.1, 0.15) is 35.2 Å². The van der Waals surface area contributed by atoms with Crippen LogP contribution in [0.25, 0.3) is 0 Å². The largest absolute Gasteiger partial charge is 0.377 e. The van der Waals surface area contributed by atoms with Gasteiger partial charge < -0.3 is 30.3 Å². The number of ether oxygens (including phenoxy) is 2. The summed E-state index contributed by atoms with van der Waals surface area (Å²) in [7, 11) is 0. The lowest BCUT2D eigenvalue weighted by atomic mass is 9.80. The maximum atomic E-state index is 13.2. The molecule has 3 N–H and O–H groups in total. The molecule has 4 amide bonds. The van der Waals surface area contributed by atoms with Crippen molar-refractivity contribution >= 4 is 23.6 Å². The summed E-state index contributed by atoms with van der Waals surface area (Å²) in [5, 5.41) is 8.61. The second-order valence-electron chi connectivity index (χ2n) is 11.5. The number of halogens is 1. The summed E-state index contributed by atoms with van der Waals surface area (Å²) >= 11 is 0. The van der Waals surface area contributed by atoms with Gasteiger partial charge in [-0.15, -0.1) is 0 Å². The first-order valence-electron chi connectivity index (χ1n) is 15.6. The zero-order valence-corrected chi connectivity index (χ0v) is 25.7. The Morgan fingerprint density at radius 3 is 2.44 bits per heavy atom. The number of carbonyl (C=O) groups is 4. The Morgan fingerprint density at radius 2 is 1.64 bits per heavy atom. The van der Waals surface area contributed by atoms with Crippen LogP contribution in [0.2, 0.25) is 0 Å². The number of rotatable bonds is 6. The van der Waals surface area contributed by atoms with E-state index in [4.69, 9.17) is 9.47 Å². The molecule has 2 aromatic rings. The average Bonchev–Trinajstić information content (AvgIpc) is 3.03. The first-order valence-corrected chi connectivity index (χ1v) is 15.6. The van der Waals surface area contributed by atoms with Crippen LogP contribution in [0, 0.1) is 17.7 Å². The Hall–Kier alpha value is -3.87. The first kappa shape index (κ1) is 34.0. The zero-order valence-electron chi connectivity index (χ0n) is 25.7. The van der Waals surface area contributed by atoms with E-state index in [2.05, 4.69) is 33.0 Å². The van der Waals surface area contributed by atoms with Gasteiger partial charge in [-0.1, -0.05) is 30.3 Å². The summed E-state index contributed by atoms with van der Waals surface area (Å²) in [5.41, 5.74) is 1.53. The van der Waals surface area contributed by atoms with Crippen molar-refractivity contribution in [1.29, 1.82) is 0 Å². The summed E-state index contributed by atoms with van der Waals surface area (Å²) in [5.74, 6) is -1.17. The number of amides is 4. The molecule has 2 saturated heterocycles. The number of nitrogens with one attached hydrogen (secondary N) is 3. The standard InChI is InChI=1S/C33H44FN5O6/c34-29-8-6-26(7-9-29)33(43)37-13-16-39-23-31(41)35-12-10-28-22-38(21-25-4-2-1-3-5-25)15-11-27(28)20-30(40)36-14-17-44-18-19-45-24-32(39)42/h1-9,27-28H,10-24H2,(H,35,41)(H,36,40)(H,37,43)/t27-,28-/m0/s1. The lowest BCUT2D eigenvalue weighted by molar-refractivity contribution is -0.140. The zero-order chi connectivity index (χ0) is 31.9. The highest BCUT2D eigenvalue weighted by molar-refractivity contribution is 5.94. The van der Waals surface area contributed by atoms with Crippen molar-refractivity contribution in [2.24, 2.45) is 11.8 Å². The second kappa shape index (κ2) is 18.2. The van der Waals surface area contributed by atoms with Gasteiger partial charge in [0.05, 0.1) is 26.4 Å². The average molecular weight is 626 g/mol. The highest BCUT2D eigenvalue weighted by Crippen LogP contribution is 2.30. The van der Waals surface area contributed by atoms with Gasteiger partial charge in [0, 0.05) is 51.3 Å². The molecule has 2 aliphatic heterocycles. The van der Waals surface area contributed by atoms with Crippen molar-refractivity contribution in [3.63, 3.8) is 0 Å². The second-order valence-corrected chi connectivity index (χ2v) is 11.5. The molecule has 0 aliphatic carbocycles. The normalized spacial score (nSPS) is 21.8. The van der Waals surface area contributed by atoms with Crippen LogP contribution in [-0.2, 0) is 30.4 Å². The van der Waals surface area contributed by atoms with Crippen LogP contribution >= 0.6 is 0 Å². The van der Waals surface area contributed by atoms with Gasteiger partial charge in [-0.25, -0.2) is 4.39 Å².